The zero-order valence-electron chi connectivity index (χ0n) is 14.1. The van der Waals surface area contributed by atoms with Gasteiger partial charge in [0.25, 0.3) is 0 Å². The zero-order valence-corrected chi connectivity index (χ0v) is 14.1. The van der Waals surface area contributed by atoms with Crippen LogP contribution in [0.15, 0.2) is 42.5 Å². The van der Waals surface area contributed by atoms with Gasteiger partial charge in [-0.05, 0) is 84.7 Å². The van der Waals surface area contributed by atoms with Crippen molar-refractivity contribution in [2.45, 2.75) is 32.6 Å². The molecule has 0 saturated carbocycles. The van der Waals surface area contributed by atoms with E-state index in [0.717, 1.165) is 29.7 Å². The molecule has 0 amide bonds. The Morgan fingerprint density at radius 2 is 1.79 bits per heavy atom. The summed E-state index contributed by atoms with van der Waals surface area (Å²) < 4.78 is 5.36. The van der Waals surface area contributed by atoms with Crippen LogP contribution in [0.2, 0.25) is 0 Å². The number of allylic oxidation sites excluding steroid dienone is 2. The van der Waals surface area contributed by atoms with Gasteiger partial charge in [-0.3, -0.25) is 0 Å². The summed E-state index contributed by atoms with van der Waals surface area (Å²) >= 11 is 0. The Bertz CT molecular complexity index is 802. The highest BCUT2D eigenvalue weighted by atomic mass is 16.5. The smallest absolute Gasteiger partial charge is 0.335 e. The van der Waals surface area contributed by atoms with Crippen molar-refractivity contribution in [3.63, 3.8) is 0 Å². The fraction of sp³-hybridized carbons (Fsp3) is 0.286. The van der Waals surface area contributed by atoms with E-state index in [9.17, 15) is 9.90 Å². The minimum absolute atomic E-state index is 0.343. The molecule has 0 radical (unpaired) electrons. The Kier molecular flexibility index (Phi) is 4.70. The first-order valence-corrected chi connectivity index (χ1v) is 8.31. The maximum Gasteiger partial charge on any atom is 0.335 e. The van der Waals surface area contributed by atoms with Gasteiger partial charge >= 0.3 is 5.97 Å². The molecule has 24 heavy (non-hydrogen) atoms. The number of benzene rings is 2. The van der Waals surface area contributed by atoms with Gasteiger partial charge in [-0.2, -0.15) is 0 Å². The molecule has 1 N–H and O–H groups in total. The Balaban J connectivity index is 2.11. The Morgan fingerprint density at radius 1 is 1.04 bits per heavy atom. The van der Waals surface area contributed by atoms with Crippen LogP contribution in [0.4, 0.5) is 0 Å². The highest BCUT2D eigenvalue weighted by Gasteiger charge is 2.18. The van der Waals surface area contributed by atoms with E-state index < -0.39 is 5.97 Å². The minimum Gasteiger partial charge on any atom is -0.497 e. The van der Waals surface area contributed by atoms with Crippen molar-refractivity contribution < 1.29 is 14.6 Å². The zero-order chi connectivity index (χ0) is 17.1. The summed E-state index contributed by atoms with van der Waals surface area (Å²) in [6.07, 6.45) is 4.42. The molecule has 1 aliphatic carbocycles. The van der Waals surface area contributed by atoms with Crippen LogP contribution in [0, 0.1) is 6.92 Å². The second kappa shape index (κ2) is 6.91. The van der Waals surface area contributed by atoms with E-state index in [1.807, 2.05) is 25.1 Å². The summed E-state index contributed by atoms with van der Waals surface area (Å²) in [5.41, 5.74) is 6.42. The number of aryl methyl sites for hydroxylation is 1. The quantitative estimate of drug-likeness (QED) is 0.843. The molecule has 3 rings (SSSR count). The van der Waals surface area contributed by atoms with Crippen molar-refractivity contribution in [2.75, 3.05) is 7.11 Å². The third-order valence-electron chi connectivity index (χ3n) is 4.68. The van der Waals surface area contributed by atoms with Crippen molar-refractivity contribution in [1.29, 1.82) is 0 Å². The number of hydrogen-bond acceptors (Lipinski definition) is 2. The molecular weight excluding hydrogens is 300 g/mol. The number of hydrogen-bond donors (Lipinski definition) is 1. The van der Waals surface area contributed by atoms with Gasteiger partial charge < -0.3 is 9.84 Å². The number of carboxylic acid groups (broad SMARTS) is 1. The number of ether oxygens (including phenoxy) is 1. The molecule has 1 aliphatic rings. The lowest BCUT2D eigenvalue weighted by molar-refractivity contribution is 0.0697. The maximum absolute atomic E-state index is 11.2. The molecule has 0 heterocycles. The molecule has 3 nitrogen and oxygen atoms in total. The van der Waals surface area contributed by atoms with E-state index in [1.165, 1.54) is 29.6 Å². The first-order chi connectivity index (χ1) is 11.6. The van der Waals surface area contributed by atoms with E-state index >= 15 is 0 Å². The molecule has 2 aromatic carbocycles. The van der Waals surface area contributed by atoms with E-state index in [4.69, 9.17) is 4.74 Å². The van der Waals surface area contributed by atoms with Crippen LogP contribution in [0.25, 0.3) is 11.1 Å². The maximum atomic E-state index is 11.2. The van der Waals surface area contributed by atoms with Crippen molar-refractivity contribution in [1.82, 2.24) is 0 Å². The van der Waals surface area contributed by atoms with Gasteiger partial charge in [-0.1, -0.05) is 18.2 Å². The van der Waals surface area contributed by atoms with Gasteiger partial charge in [0.15, 0.2) is 0 Å². The largest absolute Gasteiger partial charge is 0.497 e. The monoisotopic (exact) mass is 322 g/mol. The van der Waals surface area contributed by atoms with Crippen LogP contribution in [0.3, 0.4) is 0 Å². The lowest BCUT2D eigenvalue weighted by Crippen LogP contribution is -2.03. The summed E-state index contributed by atoms with van der Waals surface area (Å²) in [5.74, 6) is -0.0156. The lowest BCUT2D eigenvalue weighted by Gasteiger charge is -2.23. The molecule has 0 bridgehead atoms. The SMILES string of the molecule is COc1cccc(C2=C(c3ccc(C(=O)O)cc3C)CCCC2)c1. The topological polar surface area (TPSA) is 46.5 Å². The summed E-state index contributed by atoms with van der Waals surface area (Å²) in [6, 6.07) is 13.6. The molecule has 3 heteroatoms. The Morgan fingerprint density at radius 3 is 2.46 bits per heavy atom. The second-order valence-electron chi connectivity index (χ2n) is 6.23. The molecule has 0 aromatic heterocycles. The van der Waals surface area contributed by atoms with Gasteiger partial charge in [0, 0.05) is 0 Å². The average molecular weight is 322 g/mol. The fourth-order valence-corrected chi connectivity index (χ4v) is 3.47. The van der Waals surface area contributed by atoms with Crippen molar-refractivity contribution in [3.8, 4) is 5.75 Å². The van der Waals surface area contributed by atoms with Gasteiger partial charge in [-0.15, -0.1) is 0 Å². The number of carboxylic acids is 1. The normalized spacial score (nSPS) is 14.6. The summed E-state index contributed by atoms with van der Waals surface area (Å²) in [6.45, 7) is 1.99. The summed E-state index contributed by atoms with van der Waals surface area (Å²) in [4.78, 5) is 11.2. The van der Waals surface area contributed by atoms with Gasteiger partial charge in [-0.25, -0.2) is 4.79 Å². The van der Waals surface area contributed by atoms with Crippen LogP contribution >= 0.6 is 0 Å². The standard InChI is InChI=1S/C21H22O3/c1-14-12-16(21(22)23)10-11-18(14)20-9-4-3-8-19(20)15-6-5-7-17(13-15)24-2/h5-7,10-13H,3-4,8-9H2,1-2H3,(H,22,23). The van der Waals surface area contributed by atoms with E-state index in [0.29, 0.717) is 5.56 Å². The first kappa shape index (κ1) is 16.3. The predicted octanol–water partition coefficient (Wildman–Crippen LogP) is 5.19. The third-order valence-corrected chi connectivity index (χ3v) is 4.68. The van der Waals surface area contributed by atoms with Crippen LogP contribution in [0.5, 0.6) is 5.75 Å². The second-order valence-corrected chi connectivity index (χ2v) is 6.23. The molecular formula is C21H22O3. The average Bonchev–Trinajstić information content (AvgIpc) is 2.61. The van der Waals surface area contributed by atoms with E-state index in [2.05, 4.69) is 12.1 Å². The van der Waals surface area contributed by atoms with Crippen LogP contribution < -0.4 is 4.74 Å². The Labute approximate surface area is 142 Å². The van der Waals surface area contributed by atoms with Crippen LogP contribution in [0.1, 0.15) is 52.7 Å². The summed E-state index contributed by atoms with van der Waals surface area (Å²) in [7, 11) is 1.68. The van der Waals surface area contributed by atoms with Gasteiger partial charge in [0.2, 0.25) is 0 Å². The predicted molar refractivity (Wildman–Crippen MR) is 96.4 cm³/mol. The van der Waals surface area contributed by atoms with Crippen LogP contribution in [-0.4, -0.2) is 18.2 Å². The number of aromatic carboxylic acids is 1. The van der Waals surface area contributed by atoms with Crippen molar-refractivity contribution in [2.24, 2.45) is 0 Å². The minimum atomic E-state index is -0.879. The van der Waals surface area contributed by atoms with Crippen molar-refractivity contribution >= 4 is 17.1 Å². The molecule has 0 unspecified atom stereocenters. The molecule has 0 spiro atoms. The molecule has 0 aliphatic heterocycles. The molecule has 2 aromatic rings. The third kappa shape index (κ3) is 3.21. The number of carbonyl (C=O) groups is 1. The number of rotatable bonds is 4. The Hall–Kier alpha value is -2.55. The summed E-state index contributed by atoms with van der Waals surface area (Å²) in [5, 5.41) is 9.17. The molecule has 0 saturated heterocycles. The van der Waals surface area contributed by atoms with Crippen LogP contribution in [-0.2, 0) is 0 Å². The highest BCUT2D eigenvalue weighted by molar-refractivity contribution is 5.94. The lowest BCUT2D eigenvalue weighted by atomic mass is 9.82. The fourth-order valence-electron chi connectivity index (χ4n) is 3.47. The van der Waals surface area contributed by atoms with Crippen molar-refractivity contribution in [3.05, 3.63) is 64.7 Å². The van der Waals surface area contributed by atoms with E-state index in [1.54, 1.807) is 19.2 Å². The first-order valence-electron chi connectivity index (χ1n) is 8.31. The molecule has 0 fully saturated rings. The highest BCUT2D eigenvalue weighted by Crippen LogP contribution is 2.39. The number of methoxy groups -OCH3 is 1. The molecule has 0 atom stereocenters. The van der Waals surface area contributed by atoms with E-state index in [-0.39, 0.29) is 0 Å². The molecule has 124 valence electrons. The van der Waals surface area contributed by atoms with Gasteiger partial charge in [0.05, 0.1) is 12.7 Å². The van der Waals surface area contributed by atoms with Gasteiger partial charge in [0.1, 0.15) is 5.75 Å².